The van der Waals surface area contributed by atoms with E-state index in [0.29, 0.717) is 19.4 Å². The van der Waals surface area contributed by atoms with Gasteiger partial charge in [-0.25, -0.2) is 0 Å². The molecule has 0 unspecified atom stereocenters. The van der Waals surface area contributed by atoms with Crippen LogP contribution >= 0.6 is 0 Å². The second-order valence-electron chi connectivity index (χ2n) is 9.33. The molecule has 0 aromatic carbocycles. The van der Waals surface area contributed by atoms with E-state index in [0.717, 1.165) is 12.8 Å². The van der Waals surface area contributed by atoms with E-state index in [-0.39, 0.29) is 19.1 Å². The molecule has 4 atom stereocenters. The fraction of sp³-hybridized carbons (Fsp3) is 0.960. The Hall–Kier alpha value is -0.770. The summed E-state index contributed by atoms with van der Waals surface area (Å²) in [5.41, 5.74) is 0. The van der Waals surface area contributed by atoms with Gasteiger partial charge in [0.25, 0.3) is 0 Å². The Balaban J connectivity index is 1.94. The van der Waals surface area contributed by atoms with Gasteiger partial charge in [0.15, 0.2) is 0 Å². The number of hydrogen-bond donors (Lipinski definition) is 5. The van der Waals surface area contributed by atoms with Crippen LogP contribution in [0.15, 0.2) is 0 Å². The molecule has 1 aliphatic heterocycles. The van der Waals surface area contributed by atoms with Crippen LogP contribution in [-0.2, 0) is 14.3 Å². The van der Waals surface area contributed by atoms with Crippen LogP contribution in [0.25, 0.3) is 0 Å². The molecule has 1 heterocycles. The van der Waals surface area contributed by atoms with Crippen molar-refractivity contribution in [3.05, 3.63) is 0 Å². The second-order valence-corrected chi connectivity index (χ2v) is 9.33. The Kier molecular flexibility index (Phi) is 17.0. The summed E-state index contributed by atoms with van der Waals surface area (Å²) in [5, 5.41) is 41.7. The third-order valence-corrected chi connectivity index (χ3v) is 6.38. The molecule has 5 N–H and O–H groups in total. The van der Waals surface area contributed by atoms with Crippen LogP contribution in [0.4, 0.5) is 0 Å². The quantitative estimate of drug-likeness (QED) is 0.135. The average Bonchev–Trinajstić information content (AvgIpc) is 2.82. The van der Waals surface area contributed by atoms with Crippen molar-refractivity contribution in [2.75, 3.05) is 26.4 Å². The molecule has 33 heavy (non-hydrogen) atoms. The number of carbonyl (C=O) groups is 1. The SMILES string of the molecule is CCCCCCCCCCCCCCCC(=O)[15NH]CCCO[C@]1(CO)OC[C@@H](O)[C@@H](O)[C@@H]1O. The fourth-order valence-electron chi connectivity index (χ4n) is 4.13. The first-order chi connectivity index (χ1) is 16.0. The van der Waals surface area contributed by atoms with E-state index in [1.807, 2.05) is 0 Å². The number of aliphatic hydroxyl groups is 4. The largest absolute Gasteiger partial charge is 0.391 e. The molecular weight excluding hydrogens is 427 g/mol. The first kappa shape index (κ1) is 30.3. The van der Waals surface area contributed by atoms with Gasteiger partial charge in [0.1, 0.15) is 24.9 Å². The highest BCUT2D eigenvalue weighted by molar-refractivity contribution is 5.75. The van der Waals surface area contributed by atoms with Crippen molar-refractivity contribution in [3.8, 4) is 0 Å². The van der Waals surface area contributed by atoms with E-state index in [1.54, 1.807) is 0 Å². The molecule has 8 nitrogen and oxygen atoms in total. The lowest BCUT2D eigenvalue weighted by Crippen LogP contribution is -2.63. The molecule has 0 spiro atoms. The van der Waals surface area contributed by atoms with Crippen molar-refractivity contribution in [3.63, 3.8) is 0 Å². The van der Waals surface area contributed by atoms with Crippen LogP contribution in [0.1, 0.15) is 103 Å². The van der Waals surface area contributed by atoms with E-state index >= 15 is 0 Å². The summed E-state index contributed by atoms with van der Waals surface area (Å²) in [5.74, 6) is -1.74. The van der Waals surface area contributed by atoms with Gasteiger partial charge in [0.05, 0.1) is 13.2 Å². The third kappa shape index (κ3) is 12.5. The third-order valence-electron chi connectivity index (χ3n) is 6.38. The van der Waals surface area contributed by atoms with E-state index in [2.05, 4.69) is 12.2 Å². The Morgan fingerprint density at radius 2 is 1.45 bits per heavy atom. The topological polar surface area (TPSA) is 128 Å². The zero-order valence-corrected chi connectivity index (χ0v) is 20.7. The molecule has 0 bridgehead atoms. The molecule has 1 amide bonds. The number of ether oxygens (including phenoxy) is 2. The van der Waals surface area contributed by atoms with Gasteiger partial charge in [-0.3, -0.25) is 4.79 Å². The molecule has 0 aromatic heterocycles. The molecule has 0 saturated carbocycles. The second kappa shape index (κ2) is 18.5. The standard InChI is InChI=1S/C25H49NO7/c1-2-3-4-5-6-7-8-9-10-11-12-13-14-16-22(29)26-17-15-18-32-25(20-27)24(31)23(30)21(28)19-33-25/h21,23-24,27-28,30-31H,2-20H2,1H3,(H,26,29)/t21-,23-,24+,25-/m1/s1/i26+1. The number of aliphatic hydroxyl groups excluding tert-OH is 4. The lowest BCUT2D eigenvalue weighted by atomic mass is 9.97. The van der Waals surface area contributed by atoms with Gasteiger partial charge in [0, 0.05) is 13.0 Å². The minimum absolute atomic E-state index is 0.0161. The van der Waals surface area contributed by atoms with Crippen molar-refractivity contribution in [1.29, 1.82) is 0 Å². The maximum Gasteiger partial charge on any atom is 0.221 e. The smallest absolute Gasteiger partial charge is 0.221 e. The van der Waals surface area contributed by atoms with Crippen LogP contribution in [0, 0.1) is 0 Å². The van der Waals surface area contributed by atoms with Gasteiger partial charge in [-0.15, -0.1) is 0 Å². The maximum absolute atomic E-state index is 11.9. The van der Waals surface area contributed by atoms with Crippen molar-refractivity contribution in [1.82, 2.24) is 5.32 Å². The Bertz CT molecular complexity index is 493. The van der Waals surface area contributed by atoms with Crippen molar-refractivity contribution >= 4 is 5.91 Å². The predicted octanol–water partition coefficient (Wildman–Crippen LogP) is 2.79. The van der Waals surface area contributed by atoms with Crippen molar-refractivity contribution in [2.45, 2.75) is 127 Å². The molecule has 1 saturated heterocycles. The first-order valence-corrected chi connectivity index (χ1v) is 13.2. The predicted molar refractivity (Wildman–Crippen MR) is 128 cm³/mol. The minimum atomic E-state index is -1.75. The van der Waals surface area contributed by atoms with Crippen LogP contribution in [0.2, 0.25) is 0 Å². The normalized spacial score (nSPS) is 25.3. The van der Waals surface area contributed by atoms with Crippen LogP contribution in [0.3, 0.4) is 0 Å². The summed E-state index contributed by atoms with van der Waals surface area (Å²) >= 11 is 0. The molecule has 0 aromatic rings. The van der Waals surface area contributed by atoms with Gasteiger partial charge in [-0.2, -0.15) is 0 Å². The van der Waals surface area contributed by atoms with Gasteiger partial charge in [0.2, 0.25) is 11.7 Å². The highest BCUT2D eigenvalue weighted by atomic mass is 16.7. The number of hydrogen-bond acceptors (Lipinski definition) is 7. The maximum atomic E-state index is 11.9. The minimum Gasteiger partial charge on any atom is -0.391 e. The summed E-state index contributed by atoms with van der Waals surface area (Å²) in [6.45, 7) is 1.90. The number of rotatable bonds is 20. The van der Waals surface area contributed by atoms with E-state index in [4.69, 9.17) is 9.47 Å². The number of amides is 1. The summed E-state index contributed by atoms with van der Waals surface area (Å²) in [7, 11) is 0. The molecule has 1 rings (SSSR count). The Morgan fingerprint density at radius 1 is 0.909 bits per heavy atom. The van der Waals surface area contributed by atoms with Crippen LogP contribution < -0.4 is 5.32 Å². The van der Waals surface area contributed by atoms with E-state index in [1.165, 1.54) is 70.6 Å². The van der Waals surface area contributed by atoms with Crippen molar-refractivity contribution < 1.29 is 34.7 Å². The highest BCUT2D eigenvalue weighted by Crippen LogP contribution is 2.27. The first-order valence-electron chi connectivity index (χ1n) is 13.2. The van der Waals surface area contributed by atoms with E-state index in [9.17, 15) is 25.2 Å². The molecule has 8 heteroatoms. The number of unbranched alkanes of at least 4 members (excludes halogenated alkanes) is 12. The average molecular weight is 477 g/mol. The number of carbonyl (C=O) groups excluding carboxylic acids is 1. The van der Waals surface area contributed by atoms with Gasteiger partial charge >= 0.3 is 0 Å². The number of nitrogens with one attached hydrogen (secondary N) is 1. The van der Waals surface area contributed by atoms with Gasteiger partial charge in [-0.05, 0) is 12.8 Å². The Morgan fingerprint density at radius 3 is 2.00 bits per heavy atom. The Labute approximate surface area is 200 Å². The van der Waals surface area contributed by atoms with Crippen LogP contribution in [0.5, 0.6) is 0 Å². The molecule has 0 radical (unpaired) electrons. The summed E-state index contributed by atoms with van der Waals surface area (Å²) in [6.07, 6.45) is 13.3. The zero-order chi connectivity index (χ0) is 24.4. The molecule has 196 valence electrons. The molecule has 0 aliphatic carbocycles. The fourth-order valence-corrected chi connectivity index (χ4v) is 4.13. The highest BCUT2D eigenvalue weighted by Gasteiger charge is 2.50. The molecular formula is C25H49NO7. The van der Waals surface area contributed by atoms with Gasteiger partial charge < -0.3 is 35.2 Å². The lowest BCUT2D eigenvalue weighted by molar-refractivity contribution is -0.348. The van der Waals surface area contributed by atoms with E-state index < -0.39 is 30.7 Å². The lowest BCUT2D eigenvalue weighted by Gasteiger charge is -2.43. The summed E-state index contributed by atoms with van der Waals surface area (Å²) < 4.78 is 10.7. The zero-order valence-electron chi connectivity index (χ0n) is 20.7. The summed E-state index contributed by atoms with van der Waals surface area (Å²) in [4.78, 5) is 11.9. The van der Waals surface area contributed by atoms with Crippen molar-refractivity contribution in [2.24, 2.45) is 0 Å². The van der Waals surface area contributed by atoms with Gasteiger partial charge in [-0.1, -0.05) is 84.0 Å². The molecule has 1 fully saturated rings. The molecule has 1 aliphatic rings. The monoisotopic (exact) mass is 476 g/mol. The van der Waals surface area contributed by atoms with Crippen LogP contribution in [-0.4, -0.2) is 76.8 Å². The summed E-state index contributed by atoms with van der Waals surface area (Å²) in [6, 6.07) is 0.